The van der Waals surface area contributed by atoms with Gasteiger partial charge < -0.3 is 5.32 Å². The largest absolute Gasteiger partial charge is 0.324 e. The van der Waals surface area contributed by atoms with Crippen LogP contribution in [0.3, 0.4) is 0 Å². The summed E-state index contributed by atoms with van der Waals surface area (Å²) in [6.07, 6.45) is 0. The highest BCUT2D eigenvalue weighted by atomic mass is 16.1. The molecule has 21 heavy (non-hydrogen) atoms. The Kier molecular flexibility index (Phi) is 3.47. The second-order valence-corrected chi connectivity index (χ2v) is 4.71. The number of nitrogens with one attached hydrogen (secondary N) is 2. The summed E-state index contributed by atoms with van der Waals surface area (Å²) < 4.78 is 0. The van der Waals surface area contributed by atoms with Crippen molar-refractivity contribution in [1.82, 2.24) is 15.2 Å². The van der Waals surface area contributed by atoms with E-state index in [9.17, 15) is 4.79 Å². The summed E-state index contributed by atoms with van der Waals surface area (Å²) in [6.45, 7) is 2.00. The fourth-order valence-corrected chi connectivity index (χ4v) is 2.04. The van der Waals surface area contributed by atoms with E-state index in [4.69, 9.17) is 0 Å². The summed E-state index contributed by atoms with van der Waals surface area (Å²) in [5.74, 6) is 0.324. The second kappa shape index (κ2) is 5.58. The van der Waals surface area contributed by atoms with Crippen LogP contribution < -0.4 is 10.9 Å². The minimum absolute atomic E-state index is 0.272. The van der Waals surface area contributed by atoms with Crippen LogP contribution in [0.25, 0.3) is 11.3 Å². The monoisotopic (exact) mass is 278 g/mol. The van der Waals surface area contributed by atoms with Gasteiger partial charge in [-0.2, -0.15) is 0 Å². The predicted octanol–water partition coefficient (Wildman–Crippen LogP) is 2.88. The summed E-state index contributed by atoms with van der Waals surface area (Å²) in [5.41, 5.74) is 2.76. The average Bonchev–Trinajstić information content (AvgIpc) is 2.48. The molecule has 0 atom stereocenters. The molecule has 5 heteroatoms. The lowest BCUT2D eigenvalue weighted by Gasteiger charge is -2.06. The Balaban J connectivity index is 1.90. The first-order valence-corrected chi connectivity index (χ1v) is 6.58. The number of anilines is 2. The molecule has 0 radical (unpaired) electrons. The molecule has 0 bridgehead atoms. The van der Waals surface area contributed by atoms with E-state index < -0.39 is 0 Å². The van der Waals surface area contributed by atoms with Crippen molar-refractivity contribution in [3.63, 3.8) is 0 Å². The van der Waals surface area contributed by atoms with Gasteiger partial charge >= 0.3 is 0 Å². The lowest BCUT2D eigenvalue weighted by molar-refractivity contribution is 0.962. The molecular formula is C16H14N4O. The Morgan fingerprint density at radius 1 is 1.00 bits per heavy atom. The molecule has 104 valence electrons. The van der Waals surface area contributed by atoms with Crippen LogP contribution in [0.2, 0.25) is 0 Å². The molecule has 2 aromatic carbocycles. The van der Waals surface area contributed by atoms with Gasteiger partial charge in [0, 0.05) is 11.3 Å². The number of aromatic nitrogens is 3. The topological polar surface area (TPSA) is 70.7 Å². The lowest BCUT2D eigenvalue weighted by atomic mass is 10.2. The minimum Gasteiger partial charge on any atom is -0.324 e. The zero-order valence-corrected chi connectivity index (χ0v) is 11.5. The van der Waals surface area contributed by atoms with Crippen molar-refractivity contribution in [2.45, 2.75) is 6.92 Å². The SMILES string of the molecule is Cc1cccc(Nc2nnc(-c3ccccc3)c(=O)[nH]2)c1. The van der Waals surface area contributed by atoms with E-state index >= 15 is 0 Å². The quantitative estimate of drug-likeness (QED) is 0.772. The van der Waals surface area contributed by atoms with E-state index in [0.29, 0.717) is 11.6 Å². The van der Waals surface area contributed by atoms with Crippen LogP contribution >= 0.6 is 0 Å². The maximum Gasteiger partial charge on any atom is 0.279 e. The van der Waals surface area contributed by atoms with Gasteiger partial charge in [-0.3, -0.25) is 9.78 Å². The highest BCUT2D eigenvalue weighted by Crippen LogP contribution is 2.14. The van der Waals surface area contributed by atoms with Crippen LogP contribution in [0.5, 0.6) is 0 Å². The molecule has 0 fully saturated rings. The zero-order chi connectivity index (χ0) is 14.7. The normalized spacial score (nSPS) is 10.3. The third-order valence-electron chi connectivity index (χ3n) is 3.03. The standard InChI is InChI=1S/C16H14N4O/c1-11-6-5-9-13(10-11)17-16-18-15(21)14(19-20-16)12-7-3-2-4-8-12/h2-10H,1H3,(H2,17,18,20,21). The molecule has 0 saturated heterocycles. The molecule has 0 amide bonds. The first-order valence-electron chi connectivity index (χ1n) is 6.58. The fraction of sp³-hybridized carbons (Fsp3) is 0.0625. The number of aryl methyl sites for hydroxylation is 1. The van der Waals surface area contributed by atoms with E-state index in [-0.39, 0.29) is 5.56 Å². The Bertz CT molecular complexity index is 812. The summed E-state index contributed by atoms with van der Waals surface area (Å²) in [6, 6.07) is 17.0. The first kappa shape index (κ1) is 13.1. The van der Waals surface area contributed by atoms with Crippen molar-refractivity contribution in [3.8, 4) is 11.3 Å². The maximum atomic E-state index is 12.1. The van der Waals surface area contributed by atoms with Gasteiger partial charge in [0.2, 0.25) is 5.95 Å². The molecule has 0 aliphatic heterocycles. The average molecular weight is 278 g/mol. The van der Waals surface area contributed by atoms with E-state index in [1.165, 1.54) is 0 Å². The third kappa shape index (κ3) is 2.97. The van der Waals surface area contributed by atoms with E-state index in [1.54, 1.807) is 0 Å². The molecule has 0 aliphatic rings. The Labute approximate surface area is 121 Å². The smallest absolute Gasteiger partial charge is 0.279 e. The lowest BCUT2D eigenvalue weighted by Crippen LogP contribution is -2.15. The summed E-state index contributed by atoms with van der Waals surface area (Å²) in [4.78, 5) is 14.8. The number of aromatic amines is 1. The Morgan fingerprint density at radius 2 is 1.81 bits per heavy atom. The van der Waals surface area contributed by atoms with Crippen molar-refractivity contribution < 1.29 is 0 Å². The first-order chi connectivity index (χ1) is 10.2. The fourth-order valence-electron chi connectivity index (χ4n) is 2.04. The van der Waals surface area contributed by atoms with Crippen molar-refractivity contribution in [3.05, 3.63) is 70.5 Å². The number of benzene rings is 2. The number of H-pyrrole nitrogens is 1. The molecule has 0 unspecified atom stereocenters. The van der Waals surface area contributed by atoms with E-state index in [0.717, 1.165) is 16.8 Å². The molecule has 3 rings (SSSR count). The van der Waals surface area contributed by atoms with Gasteiger partial charge in [-0.1, -0.05) is 42.5 Å². The molecule has 5 nitrogen and oxygen atoms in total. The number of rotatable bonds is 3. The van der Waals surface area contributed by atoms with Crippen molar-refractivity contribution in [2.24, 2.45) is 0 Å². The summed E-state index contributed by atoms with van der Waals surface area (Å²) >= 11 is 0. The number of nitrogens with zero attached hydrogens (tertiary/aromatic N) is 2. The third-order valence-corrected chi connectivity index (χ3v) is 3.03. The highest BCUT2D eigenvalue weighted by molar-refractivity contribution is 5.59. The van der Waals surface area contributed by atoms with Crippen LogP contribution in [0.15, 0.2) is 59.4 Å². The molecular weight excluding hydrogens is 264 g/mol. The van der Waals surface area contributed by atoms with Gasteiger partial charge in [0.15, 0.2) is 5.69 Å². The molecule has 0 saturated carbocycles. The van der Waals surface area contributed by atoms with Gasteiger partial charge in [-0.05, 0) is 24.6 Å². The van der Waals surface area contributed by atoms with Gasteiger partial charge in [-0.25, -0.2) is 0 Å². The zero-order valence-electron chi connectivity index (χ0n) is 11.5. The Hall–Kier alpha value is -2.95. The molecule has 1 heterocycles. The van der Waals surface area contributed by atoms with Crippen molar-refractivity contribution in [2.75, 3.05) is 5.32 Å². The number of hydrogen-bond donors (Lipinski definition) is 2. The predicted molar refractivity (Wildman–Crippen MR) is 82.6 cm³/mol. The van der Waals surface area contributed by atoms with Crippen molar-refractivity contribution in [1.29, 1.82) is 0 Å². The molecule has 0 aliphatic carbocycles. The second-order valence-electron chi connectivity index (χ2n) is 4.71. The summed E-state index contributed by atoms with van der Waals surface area (Å²) in [7, 11) is 0. The van der Waals surface area contributed by atoms with Crippen LogP contribution in [0.1, 0.15) is 5.56 Å². The van der Waals surface area contributed by atoms with Gasteiger partial charge in [0.25, 0.3) is 5.56 Å². The van der Waals surface area contributed by atoms with Crippen LogP contribution in [0, 0.1) is 6.92 Å². The van der Waals surface area contributed by atoms with Crippen LogP contribution in [-0.2, 0) is 0 Å². The summed E-state index contributed by atoms with van der Waals surface area (Å²) in [5, 5.41) is 11.1. The highest BCUT2D eigenvalue weighted by Gasteiger charge is 2.07. The van der Waals surface area contributed by atoms with Gasteiger partial charge in [-0.15, -0.1) is 10.2 Å². The van der Waals surface area contributed by atoms with Crippen LogP contribution in [-0.4, -0.2) is 15.2 Å². The van der Waals surface area contributed by atoms with Gasteiger partial charge in [0.05, 0.1) is 0 Å². The number of hydrogen-bond acceptors (Lipinski definition) is 4. The van der Waals surface area contributed by atoms with E-state index in [2.05, 4.69) is 20.5 Å². The van der Waals surface area contributed by atoms with Gasteiger partial charge in [0.1, 0.15) is 0 Å². The molecule has 3 aromatic rings. The molecule has 2 N–H and O–H groups in total. The van der Waals surface area contributed by atoms with Crippen molar-refractivity contribution >= 4 is 11.6 Å². The maximum absolute atomic E-state index is 12.1. The molecule has 0 spiro atoms. The molecule has 1 aromatic heterocycles. The van der Waals surface area contributed by atoms with Crippen LogP contribution in [0.4, 0.5) is 11.6 Å². The Morgan fingerprint density at radius 3 is 2.52 bits per heavy atom. The van der Waals surface area contributed by atoms with E-state index in [1.807, 2.05) is 61.5 Å². The minimum atomic E-state index is -0.272.